The van der Waals surface area contributed by atoms with Gasteiger partial charge in [-0.05, 0) is 81.0 Å². The summed E-state index contributed by atoms with van der Waals surface area (Å²) in [6.45, 7) is 6.58. The molecule has 1 aliphatic carbocycles. The maximum Gasteiger partial charge on any atom is 0.136 e. The van der Waals surface area contributed by atoms with Crippen LogP contribution in [0.15, 0.2) is 36.5 Å². The second-order valence-electron chi connectivity index (χ2n) is 11.9. The molecule has 1 atom stereocenters. The van der Waals surface area contributed by atoms with Crippen LogP contribution in [0, 0.1) is 11.7 Å². The zero-order valence-corrected chi connectivity index (χ0v) is 24.7. The Morgan fingerprint density at radius 2 is 1.47 bits per heavy atom. The molecule has 3 heteroatoms. The molecule has 1 saturated carbocycles. The third-order valence-electron chi connectivity index (χ3n) is 8.59. The Morgan fingerprint density at radius 1 is 0.816 bits per heavy atom. The van der Waals surface area contributed by atoms with Gasteiger partial charge in [-0.1, -0.05) is 97.0 Å². The van der Waals surface area contributed by atoms with Crippen LogP contribution < -0.4 is 4.74 Å². The van der Waals surface area contributed by atoms with E-state index in [0.717, 1.165) is 18.8 Å². The molecule has 1 aromatic carbocycles. The van der Waals surface area contributed by atoms with Crippen molar-refractivity contribution < 1.29 is 9.13 Å². The van der Waals surface area contributed by atoms with E-state index in [2.05, 4.69) is 31.8 Å². The SMILES string of the molecule is CCCCCCCCCCC1CCC(c2ccc(-c3ccc(O[C@@H](C)CCCCCC)cc3F)nc2)CC1. The van der Waals surface area contributed by atoms with E-state index in [-0.39, 0.29) is 11.9 Å². The molecular weight excluding hydrogens is 469 g/mol. The lowest BCUT2D eigenvalue weighted by atomic mass is 9.77. The second-order valence-corrected chi connectivity index (χ2v) is 11.9. The Kier molecular flexibility index (Phi) is 14.2. The molecule has 0 amide bonds. The van der Waals surface area contributed by atoms with Crippen molar-refractivity contribution in [3.05, 3.63) is 47.9 Å². The third-order valence-corrected chi connectivity index (χ3v) is 8.59. The van der Waals surface area contributed by atoms with Crippen molar-refractivity contribution in [1.82, 2.24) is 4.98 Å². The molecule has 2 aromatic rings. The number of hydrogen-bond acceptors (Lipinski definition) is 2. The fraction of sp³-hybridized carbons (Fsp3) is 0.686. The topological polar surface area (TPSA) is 22.1 Å². The number of hydrogen-bond donors (Lipinski definition) is 0. The Morgan fingerprint density at radius 3 is 2.11 bits per heavy atom. The lowest BCUT2D eigenvalue weighted by Crippen LogP contribution is -2.13. The highest BCUT2D eigenvalue weighted by Gasteiger charge is 2.22. The Balaban J connectivity index is 1.39. The highest BCUT2D eigenvalue weighted by atomic mass is 19.1. The molecule has 0 bridgehead atoms. The summed E-state index contributed by atoms with van der Waals surface area (Å²) < 4.78 is 20.9. The van der Waals surface area contributed by atoms with Crippen molar-refractivity contribution in [3.8, 4) is 17.0 Å². The Labute approximate surface area is 233 Å². The van der Waals surface area contributed by atoms with E-state index in [4.69, 9.17) is 4.74 Å². The third kappa shape index (κ3) is 10.7. The molecule has 0 aliphatic heterocycles. The van der Waals surface area contributed by atoms with Gasteiger partial charge in [0.2, 0.25) is 0 Å². The van der Waals surface area contributed by atoms with Crippen molar-refractivity contribution in [2.45, 2.75) is 148 Å². The minimum Gasteiger partial charge on any atom is -0.491 e. The van der Waals surface area contributed by atoms with E-state index in [1.807, 2.05) is 24.4 Å². The van der Waals surface area contributed by atoms with Crippen molar-refractivity contribution in [1.29, 1.82) is 0 Å². The van der Waals surface area contributed by atoms with Gasteiger partial charge in [0.1, 0.15) is 11.6 Å². The van der Waals surface area contributed by atoms with Gasteiger partial charge in [-0.15, -0.1) is 0 Å². The van der Waals surface area contributed by atoms with Gasteiger partial charge < -0.3 is 4.74 Å². The predicted molar refractivity (Wildman–Crippen MR) is 160 cm³/mol. The molecule has 1 aliphatic rings. The van der Waals surface area contributed by atoms with Gasteiger partial charge in [-0.25, -0.2) is 4.39 Å². The zero-order valence-electron chi connectivity index (χ0n) is 24.7. The van der Waals surface area contributed by atoms with Gasteiger partial charge in [-0.2, -0.15) is 0 Å². The molecule has 1 fully saturated rings. The number of ether oxygens (including phenoxy) is 1. The van der Waals surface area contributed by atoms with Gasteiger partial charge >= 0.3 is 0 Å². The van der Waals surface area contributed by atoms with Gasteiger partial charge in [0.25, 0.3) is 0 Å². The van der Waals surface area contributed by atoms with Crippen LogP contribution in [0.2, 0.25) is 0 Å². The van der Waals surface area contributed by atoms with Crippen LogP contribution in [0.1, 0.15) is 148 Å². The van der Waals surface area contributed by atoms with Gasteiger partial charge in [0.05, 0.1) is 11.8 Å². The summed E-state index contributed by atoms with van der Waals surface area (Å²) in [5.41, 5.74) is 2.57. The first-order valence-electron chi connectivity index (χ1n) is 16.0. The van der Waals surface area contributed by atoms with Crippen LogP contribution in [0.3, 0.4) is 0 Å². The molecule has 0 N–H and O–H groups in total. The first-order chi connectivity index (χ1) is 18.6. The monoisotopic (exact) mass is 523 g/mol. The smallest absolute Gasteiger partial charge is 0.136 e. The van der Waals surface area contributed by atoms with E-state index in [9.17, 15) is 4.39 Å². The first-order valence-corrected chi connectivity index (χ1v) is 16.0. The maximum atomic E-state index is 14.9. The average Bonchev–Trinajstić information content (AvgIpc) is 2.93. The van der Waals surface area contributed by atoms with E-state index < -0.39 is 0 Å². The van der Waals surface area contributed by atoms with Gasteiger partial charge in [-0.3, -0.25) is 4.98 Å². The summed E-state index contributed by atoms with van der Waals surface area (Å²) in [5, 5.41) is 0. The molecule has 1 heterocycles. The van der Waals surface area contributed by atoms with E-state index in [0.29, 0.717) is 22.9 Å². The minimum absolute atomic E-state index is 0.102. The molecule has 0 saturated heterocycles. The summed E-state index contributed by atoms with van der Waals surface area (Å²) in [7, 11) is 0. The number of unbranched alkanes of at least 4 members (excludes halogenated alkanes) is 10. The molecule has 0 spiro atoms. The van der Waals surface area contributed by atoms with Crippen LogP contribution in [0.4, 0.5) is 4.39 Å². The molecule has 0 radical (unpaired) electrons. The average molecular weight is 524 g/mol. The highest BCUT2D eigenvalue weighted by Crippen LogP contribution is 2.38. The number of rotatable bonds is 18. The number of halogens is 1. The molecule has 0 unspecified atom stereocenters. The fourth-order valence-corrected chi connectivity index (χ4v) is 6.08. The quantitative estimate of drug-likeness (QED) is 0.181. The summed E-state index contributed by atoms with van der Waals surface area (Å²) in [4.78, 5) is 4.67. The van der Waals surface area contributed by atoms with Crippen LogP contribution in [-0.2, 0) is 0 Å². The van der Waals surface area contributed by atoms with Crippen molar-refractivity contribution in [2.75, 3.05) is 0 Å². The standard InChI is InChI=1S/C35H54FNO/c1-4-6-8-10-11-12-13-15-17-29-18-20-30(21-19-29)31-22-25-35(37-27-31)33-24-23-32(26-34(33)36)38-28(3)16-14-9-7-5-2/h22-30H,4-21H2,1-3H3/t28-,29?,30?/m0/s1. The van der Waals surface area contributed by atoms with Crippen molar-refractivity contribution in [3.63, 3.8) is 0 Å². The van der Waals surface area contributed by atoms with E-state index >= 15 is 0 Å². The fourth-order valence-electron chi connectivity index (χ4n) is 6.08. The molecule has 38 heavy (non-hydrogen) atoms. The summed E-state index contributed by atoms with van der Waals surface area (Å²) >= 11 is 0. The van der Waals surface area contributed by atoms with Crippen molar-refractivity contribution >= 4 is 0 Å². The van der Waals surface area contributed by atoms with Gasteiger partial charge in [0.15, 0.2) is 0 Å². The van der Waals surface area contributed by atoms with E-state index in [1.165, 1.54) is 114 Å². The molecule has 212 valence electrons. The number of nitrogens with zero attached hydrogens (tertiary/aromatic N) is 1. The first kappa shape index (κ1) is 30.6. The zero-order chi connectivity index (χ0) is 27.0. The lowest BCUT2D eigenvalue weighted by molar-refractivity contribution is 0.205. The van der Waals surface area contributed by atoms with Gasteiger partial charge in [0, 0.05) is 17.8 Å². The maximum absolute atomic E-state index is 14.9. The molecular formula is C35H54FNO. The Bertz CT molecular complexity index is 887. The van der Waals surface area contributed by atoms with Crippen LogP contribution >= 0.6 is 0 Å². The largest absolute Gasteiger partial charge is 0.491 e. The van der Waals surface area contributed by atoms with Crippen LogP contribution in [0.5, 0.6) is 5.75 Å². The molecule has 2 nitrogen and oxygen atoms in total. The molecule has 1 aromatic heterocycles. The van der Waals surface area contributed by atoms with Crippen LogP contribution in [-0.4, -0.2) is 11.1 Å². The summed E-state index contributed by atoms with van der Waals surface area (Å²) in [5.74, 6) is 1.86. The van der Waals surface area contributed by atoms with E-state index in [1.54, 1.807) is 0 Å². The lowest BCUT2D eigenvalue weighted by Gasteiger charge is -2.28. The minimum atomic E-state index is -0.262. The predicted octanol–water partition coefficient (Wildman–Crippen LogP) is 11.4. The number of pyridine rings is 1. The summed E-state index contributed by atoms with van der Waals surface area (Å²) in [6.07, 6.45) is 25.9. The molecule has 3 rings (SSSR count). The highest BCUT2D eigenvalue weighted by molar-refractivity contribution is 5.61. The Hall–Kier alpha value is -1.90. The second kappa shape index (κ2) is 17.6. The van der Waals surface area contributed by atoms with Crippen LogP contribution in [0.25, 0.3) is 11.3 Å². The number of benzene rings is 1. The number of aromatic nitrogens is 1. The normalized spacial score (nSPS) is 18.4. The van der Waals surface area contributed by atoms with Crippen molar-refractivity contribution in [2.24, 2.45) is 5.92 Å². The summed E-state index contributed by atoms with van der Waals surface area (Å²) in [6, 6.07) is 9.38.